The highest BCUT2D eigenvalue weighted by Gasteiger charge is 2.32. The van der Waals surface area contributed by atoms with Gasteiger partial charge in [-0.1, -0.05) is 46.6 Å². The summed E-state index contributed by atoms with van der Waals surface area (Å²) in [6.45, 7) is -0.0201. The fraction of sp³-hybridized carbons (Fsp3) is 0.150. The van der Waals surface area contributed by atoms with Crippen LogP contribution in [0.1, 0.15) is 10.4 Å². The molecule has 1 amide bonds. The Kier molecular flexibility index (Phi) is 5.52. The third-order valence-corrected chi connectivity index (χ3v) is 4.95. The molecule has 10 heteroatoms. The fourth-order valence-electron chi connectivity index (χ4n) is 2.90. The number of methoxy groups -OCH3 is 1. The zero-order valence-corrected chi connectivity index (χ0v) is 17.0. The summed E-state index contributed by atoms with van der Waals surface area (Å²) in [5.41, 5.74) is 0.188. The van der Waals surface area contributed by atoms with E-state index in [2.05, 4.69) is 10.5 Å². The zero-order valence-electron chi connectivity index (χ0n) is 15.5. The van der Waals surface area contributed by atoms with E-state index >= 15 is 0 Å². The van der Waals surface area contributed by atoms with E-state index in [1.54, 1.807) is 42.5 Å². The third-order valence-electron chi connectivity index (χ3n) is 4.32. The first kappa shape index (κ1) is 20.1. The second-order valence-electron chi connectivity index (χ2n) is 6.18. The van der Waals surface area contributed by atoms with Gasteiger partial charge < -0.3 is 18.7 Å². The highest BCUT2D eigenvalue weighted by Crippen LogP contribution is 2.39. The Balaban J connectivity index is 1.64. The summed E-state index contributed by atoms with van der Waals surface area (Å²) in [7, 11) is 1.19. The maximum atomic E-state index is 12.7. The van der Waals surface area contributed by atoms with Gasteiger partial charge in [-0.15, -0.1) is 0 Å². The van der Waals surface area contributed by atoms with E-state index in [1.807, 2.05) is 0 Å². The van der Waals surface area contributed by atoms with E-state index in [9.17, 15) is 9.59 Å². The van der Waals surface area contributed by atoms with Crippen molar-refractivity contribution in [3.8, 4) is 22.8 Å². The van der Waals surface area contributed by atoms with Gasteiger partial charge in [-0.05, 0) is 24.3 Å². The average Bonchev–Trinajstić information content (AvgIpc) is 3.15. The Morgan fingerprint density at radius 2 is 1.80 bits per heavy atom. The van der Waals surface area contributed by atoms with Crippen LogP contribution >= 0.6 is 23.2 Å². The van der Waals surface area contributed by atoms with Crippen LogP contribution in [0.5, 0.6) is 11.5 Å². The second kappa shape index (κ2) is 8.25. The van der Waals surface area contributed by atoms with E-state index in [-0.39, 0.29) is 39.4 Å². The maximum Gasteiger partial charge on any atom is 0.345 e. The first-order valence-electron chi connectivity index (χ1n) is 8.71. The average molecular weight is 449 g/mol. The summed E-state index contributed by atoms with van der Waals surface area (Å²) in [6, 6.07) is 11.8. The Labute approximate surface area is 180 Å². The molecule has 0 bridgehead atoms. The quantitative estimate of drug-likeness (QED) is 0.596. The van der Waals surface area contributed by atoms with Crippen LogP contribution in [0, 0.1) is 0 Å². The maximum absolute atomic E-state index is 12.7. The van der Waals surface area contributed by atoms with E-state index < -0.39 is 18.0 Å². The Morgan fingerprint density at radius 3 is 2.50 bits per heavy atom. The Bertz CT molecular complexity index is 1110. The number of rotatable bonds is 4. The second-order valence-corrected chi connectivity index (χ2v) is 6.99. The van der Waals surface area contributed by atoms with Crippen LogP contribution in [-0.4, -0.2) is 36.9 Å². The highest BCUT2D eigenvalue weighted by molar-refractivity contribution is 6.39. The molecule has 3 aromatic rings. The van der Waals surface area contributed by atoms with Gasteiger partial charge in [0.25, 0.3) is 5.91 Å². The van der Waals surface area contributed by atoms with Crippen molar-refractivity contribution in [2.75, 3.05) is 19.0 Å². The number of fused-ring (bicyclic) bond motifs is 1. The number of carbonyl (C=O) groups excluding carboxylic acids is 2. The van der Waals surface area contributed by atoms with Crippen LogP contribution in [0.2, 0.25) is 10.0 Å². The Morgan fingerprint density at radius 1 is 1.10 bits per heavy atom. The van der Waals surface area contributed by atoms with Gasteiger partial charge in [-0.3, -0.25) is 10.1 Å². The number of nitrogens with one attached hydrogen (secondary N) is 1. The molecule has 0 saturated carbocycles. The SMILES string of the molecule is COC(=O)c1c(-c2c(Cl)cccc2Cl)noc1NC(=O)C1COc2ccccc2O1. The van der Waals surface area contributed by atoms with Crippen molar-refractivity contribution in [2.24, 2.45) is 0 Å². The van der Waals surface area contributed by atoms with Crippen LogP contribution in [0.3, 0.4) is 0 Å². The lowest BCUT2D eigenvalue weighted by atomic mass is 10.1. The molecule has 0 aliphatic carbocycles. The molecule has 1 N–H and O–H groups in total. The van der Waals surface area contributed by atoms with Gasteiger partial charge in [0.15, 0.2) is 17.1 Å². The molecule has 2 heterocycles. The largest absolute Gasteiger partial charge is 0.485 e. The molecular formula is C20H14Cl2N2O6. The topological polar surface area (TPSA) is 99.9 Å². The number of anilines is 1. The van der Waals surface area contributed by atoms with Crippen LogP contribution in [0.15, 0.2) is 47.0 Å². The monoisotopic (exact) mass is 448 g/mol. The summed E-state index contributed by atoms with van der Waals surface area (Å²) in [6.07, 6.45) is -0.970. The van der Waals surface area contributed by atoms with Gasteiger partial charge in [-0.2, -0.15) is 0 Å². The van der Waals surface area contributed by atoms with E-state index in [0.717, 1.165) is 0 Å². The summed E-state index contributed by atoms with van der Waals surface area (Å²) in [5, 5.41) is 6.87. The summed E-state index contributed by atoms with van der Waals surface area (Å²) >= 11 is 12.5. The summed E-state index contributed by atoms with van der Waals surface area (Å²) in [4.78, 5) is 25.1. The lowest BCUT2D eigenvalue weighted by molar-refractivity contribution is -0.125. The van der Waals surface area contributed by atoms with Gasteiger partial charge in [0, 0.05) is 5.56 Å². The molecule has 0 spiro atoms. The van der Waals surface area contributed by atoms with E-state index in [0.29, 0.717) is 11.5 Å². The number of aromatic nitrogens is 1. The molecule has 1 aliphatic rings. The van der Waals surface area contributed by atoms with E-state index in [1.165, 1.54) is 7.11 Å². The molecule has 0 fully saturated rings. The molecule has 8 nitrogen and oxygen atoms in total. The van der Waals surface area contributed by atoms with Crippen molar-refractivity contribution in [3.63, 3.8) is 0 Å². The number of benzene rings is 2. The van der Waals surface area contributed by atoms with Gasteiger partial charge in [-0.25, -0.2) is 4.79 Å². The summed E-state index contributed by atoms with van der Waals surface area (Å²) in [5.74, 6) is -0.642. The minimum absolute atomic E-state index is 0.0201. The number of ether oxygens (including phenoxy) is 3. The summed E-state index contributed by atoms with van der Waals surface area (Å²) < 4.78 is 21.2. The molecule has 30 heavy (non-hydrogen) atoms. The normalized spacial score (nSPS) is 14.8. The molecule has 1 unspecified atom stereocenters. The van der Waals surface area contributed by atoms with Gasteiger partial charge >= 0.3 is 5.97 Å². The molecule has 1 atom stereocenters. The van der Waals surface area contributed by atoms with Gasteiger partial charge in [0.2, 0.25) is 12.0 Å². The number of esters is 1. The number of carbonyl (C=O) groups is 2. The predicted molar refractivity (Wildman–Crippen MR) is 108 cm³/mol. The smallest absolute Gasteiger partial charge is 0.345 e. The molecule has 1 aromatic heterocycles. The fourth-order valence-corrected chi connectivity index (χ4v) is 3.48. The van der Waals surface area contributed by atoms with Crippen LogP contribution in [0.4, 0.5) is 5.88 Å². The number of amides is 1. The minimum atomic E-state index is -0.970. The van der Waals surface area contributed by atoms with Crippen LogP contribution < -0.4 is 14.8 Å². The van der Waals surface area contributed by atoms with Crippen molar-refractivity contribution in [1.82, 2.24) is 5.16 Å². The van der Waals surface area contributed by atoms with Gasteiger partial charge in [0.1, 0.15) is 12.3 Å². The van der Waals surface area contributed by atoms with E-state index in [4.69, 9.17) is 41.9 Å². The van der Waals surface area contributed by atoms with Crippen LogP contribution in [-0.2, 0) is 9.53 Å². The molecular weight excluding hydrogens is 435 g/mol. The molecule has 0 saturated heterocycles. The van der Waals surface area contributed by atoms with Crippen molar-refractivity contribution >= 4 is 41.0 Å². The predicted octanol–water partition coefficient (Wildman–Crippen LogP) is 4.21. The van der Waals surface area contributed by atoms with Crippen molar-refractivity contribution < 1.29 is 28.3 Å². The highest BCUT2D eigenvalue weighted by atomic mass is 35.5. The third kappa shape index (κ3) is 3.67. The number of halogens is 2. The number of hydrogen-bond donors (Lipinski definition) is 1. The van der Waals surface area contributed by atoms with Crippen LogP contribution in [0.25, 0.3) is 11.3 Å². The van der Waals surface area contributed by atoms with Gasteiger partial charge in [0.05, 0.1) is 17.2 Å². The van der Waals surface area contributed by atoms with Crippen molar-refractivity contribution in [1.29, 1.82) is 0 Å². The number of nitrogens with zero attached hydrogens (tertiary/aromatic N) is 1. The molecule has 2 aromatic carbocycles. The molecule has 4 rings (SSSR count). The molecule has 0 radical (unpaired) electrons. The minimum Gasteiger partial charge on any atom is -0.485 e. The lowest BCUT2D eigenvalue weighted by Crippen LogP contribution is -2.40. The molecule has 1 aliphatic heterocycles. The lowest BCUT2D eigenvalue weighted by Gasteiger charge is -2.25. The molecule has 154 valence electrons. The Hall–Kier alpha value is -3.23. The van der Waals surface area contributed by atoms with Crippen molar-refractivity contribution in [3.05, 3.63) is 58.1 Å². The first-order valence-corrected chi connectivity index (χ1v) is 9.47. The van der Waals surface area contributed by atoms with Crippen molar-refractivity contribution in [2.45, 2.75) is 6.10 Å². The number of hydrogen-bond acceptors (Lipinski definition) is 7. The first-order chi connectivity index (χ1) is 14.5. The number of para-hydroxylation sites is 2. The standard InChI is InChI=1S/C20H14Cl2N2O6/c1-27-20(26)16-17(15-10(21)5-4-6-11(15)22)24-30-19(16)23-18(25)14-9-28-12-7-2-3-8-13(12)29-14/h2-8,14H,9H2,1H3,(H,23,25). The zero-order chi connectivity index (χ0) is 21.3.